The second-order valence-corrected chi connectivity index (χ2v) is 14.1. The molecule has 51 heavy (non-hydrogen) atoms. The molecule has 238 valence electrons. The quantitative estimate of drug-likeness (QED) is 0.190. The first-order valence-electron chi connectivity index (χ1n) is 17.8. The van der Waals surface area contributed by atoms with E-state index in [4.69, 9.17) is 4.42 Å². The highest BCUT2D eigenvalue weighted by Crippen LogP contribution is 2.61. The lowest BCUT2D eigenvalue weighted by atomic mass is 9.89. The molecular weight excluding hydrogens is 621 g/mol. The summed E-state index contributed by atoms with van der Waals surface area (Å²) in [7, 11) is 0. The molecule has 0 spiro atoms. The smallest absolute Gasteiger partial charge is 0.135 e. The molecule has 2 unspecified atom stereocenters. The molecule has 0 radical (unpaired) electrons. The molecule has 2 atom stereocenters. The van der Waals surface area contributed by atoms with Crippen LogP contribution in [-0.2, 0) is 0 Å². The first-order chi connectivity index (χ1) is 25.3. The summed E-state index contributed by atoms with van der Waals surface area (Å²) in [6.07, 6.45) is 0. The van der Waals surface area contributed by atoms with Crippen molar-refractivity contribution in [3.63, 3.8) is 0 Å². The third-order valence-corrected chi connectivity index (χ3v) is 11.5. The van der Waals surface area contributed by atoms with Crippen molar-refractivity contribution < 1.29 is 4.42 Å². The minimum absolute atomic E-state index is 0.162. The van der Waals surface area contributed by atoms with Crippen LogP contribution in [-0.4, -0.2) is 4.57 Å². The average Bonchev–Trinajstić information content (AvgIpc) is 3.92. The number of nitrogens with zero attached hydrogens (tertiary/aromatic N) is 2. The van der Waals surface area contributed by atoms with Crippen molar-refractivity contribution >= 4 is 65.9 Å². The van der Waals surface area contributed by atoms with Crippen molar-refractivity contribution in [2.45, 2.75) is 12.0 Å². The fourth-order valence-corrected chi connectivity index (χ4v) is 9.40. The van der Waals surface area contributed by atoms with Crippen molar-refractivity contribution in [2.24, 2.45) is 0 Å². The zero-order valence-electron chi connectivity index (χ0n) is 27.6. The number of aromatic nitrogens is 1. The molecule has 0 N–H and O–H groups in total. The van der Waals surface area contributed by atoms with E-state index < -0.39 is 0 Å². The van der Waals surface area contributed by atoms with Gasteiger partial charge in [-0.1, -0.05) is 109 Å². The van der Waals surface area contributed by atoms with E-state index in [0.717, 1.165) is 21.9 Å². The van der Waals surface area contributed by atoms with Crippen molar-refractivity contribution in [2.75, 3.05) is 4.90 Å². The van der Waals surface area contributed by atoms with Crippen molar-refractivity contribution in [3.05, 3.63) is 187 Å². The molecule has 12 rings (SSSR count). The Balaban J connectivity index is 1.08. The van der Waals surface area contributed by atoms with E-state index in [-0.39, 0.29) is 12.0 Å². The molecule has 3 nitrogen and oxygen atoms in total. The van der Waals surface area contributed by atoms with Gasteiger partial charge >= 0.3 is 0 Å². The van der Waals surface area contributed by atoms with Gasteiger partial charge in [-0.25, -0.2) is 0 Å². The van der Waals surface area contributed by atoms with Crippen LogP contribution >= 0.6 is 0 Å². The number of hydrogen-bond acceptors (Lipinski definition) is 2. The normalized spacial score (nSPS) is 16.2. The van der Waals surface area contributed by atoms with Crippen LogP contribution in [0.1, 0.15) is 28.7 Å². The summed E-state index contributed by atoms with van der Waals surface area (Å²) in [6.45, 7) is 0. The first-order valence-corrected chi connectivity index (χ1v) is 17.8. The molecule has 0 amide bonds. The van der Waals surface area contributed by atoms with Gasteiger partial charge in [0.05, 0.1) is 17.1 Å². The summed E-state index contributed by atoms with van der Waals surface area (Å²) in [4.78, 5) is 2.59. The Bertz CT molecular complexity index is 3050. The highest BCUT2D eigenvalue weighted by molar-refractivity contribution is 6.10. The zero-order chi connectivity index (χ0) is 33.2. The Morgan fingerprint density at radius 3 is 2.06 bits per heavy atom. The van der Waals surface area contributed by atoms with Crippen molar-refractivity contribution in [1.82, 2.24) is 4.57 Å². The van der Waals surface area contributed by atoms with Gasteiger partial charge in [0, 0.05) is 44.5 Å². The Kier molecular flexibility index (Phi) is 5.34. The van der Waals surface area contributed by atoms with Crippen molar-refractivity contribution in [3.8, 4) is 16.8 Å². The second-order valence-electron chi connectivity index (χ2n) is 14.1. The molecule has 1 aliphatic carbocycles. The van der Waals surface area contributed by atoms with E-state index in [9.17, 15) is 0 Å². The number of fused-ring (bicyclic) bond motifs is 11. The largest absolute Gasteiger partial charge is 0.456 e. The highest BCUT2D eigenvalue weighted by atomic mass is 16.3. The molecule has 1 aliphatic heterocycles. The van der Waals surface area contributed by atoms with Gasteiger partial charge in [0.1, 0.15) is 11.2 Å². The summed E-state index contributed by atoms with van der Waals surface area (Å²) >= 11 is 0. The Morgan fingerprint density at radius 1 is 0.431 bits per heavy atom. The molecule has 2 aromatic heterocycles. The minimum Gasteiger partial charge on any atom is -0.456 e. The van der Waals surface area contributed by atoms with E-state index in [0.29, 0.717) is 0 Å². The average molecular weight is 651 g/mol. The van der Waals surface area contributed by atoms with Gasteiger partial charge in [-0.2, -0.15) is 0 Å². The number of hydrogen-bond donors (Lipinski definition) is 0. The second kappa shape index (κ2) is 9.99. The van der Waals surface area contributed by atoms with Crippen molar-refractivity contribution in [1.29, 1.82) is 0 Å². The maximum atomic E-state index is 6.25. The molecular formula is C48H30N2O. The molecule has 0 bridgehead atoms. The molecule has 8 aromatic carbocycles. The Hall–Kier alpha value is -6.58. The number of anilines is 2. The number of para-hydroxylation sites is 3. The molecule has 3 heteroatoms. The third kappa shape index (κ3) is 3.67. The van der Waals surface area contributed by atoms with Crippen LogP contribution in [0.2, 0.25) is 0 Å². The predicted molar refractivity (Wildman–Crippen MR) is 211 cm³/mol. The highest BCUT2D eigenvalue weighted by Gasteiger charge is 2.46. The van der Waals surface area contributed by atoms with E-state index in [1.165, 1.54) is 77.5 Å². The van der Waals surface area contributed by atoms with Gasteiger partial charge in [-0.3, -0.25) is 0 Å². The SMILES string of the molecule is c1ccc(-n2c3ccccc3c3ccc(-c4ccc5c(c4)C4c6cccc7cccc(c67)C4N5c4ccc5oc6ccccc6c5c4)cc32)cc1. The standard InChI is InChI=1S/C48H30N2O/c1-2-12-32(13-3-1)49-41-18-6-4-14-34(41)35-23-20-31(27-43(35)49)30-21-24-42-40(26-30)47-37-16-8-10-29-11-9-17-38(46(29)37)48(47)50(42)33-22-25-45-39(28-33)36-15-5-7-19-44(36)51-45/h1-28,47-48H. The molecule has 3 heterocycles. The van der Waals surface area contributed by atoms with Crippen LogP contribution in [0.5, 0.6) is 0 Å². The van der Waals surface area contributed by atoms with Crippen LogP contribution in [0.4, 0.5) is 11.4 Å². The van der Waals surface area contributed by atoms with Gasteiger partial charge in [-0.15, -0.1) is 0 Å². The lowest BCUT2D eigenvalue weighted by Crippen LogP contribution is -2.19. The molecule has 2 aliphatic rings. The Morgan fingerprint density at radius 2 is 1.16 bits per heavy atom. The van der Waals surface area contributed by atoms with Gasteiger partial charge < -0.3 is 13.9 Å². The summed E-state index contributed by atoms with van der Waals surface area (Å²) < 4.78 is 8.66. The number of benzene rings is 8. The maximum absolute atomic E-state index is 6.25. The number of rotatable bonds is 3. The lowest BCUT2D eigenvalue weighted by molar-refractivity contribution is 0.668. The monoisotopic (exact) mass is 650 g/mol. The first kappa shape index (κ1) is 27.3. The van der Waals surface area contributed by atoms with Gasteiger partial charge in [0.2, 0.25) is 0 Å². The van der Waals surface area contributed by atoms with E-state index in [2.05, 4.69) is 173 Å². The minimum atomic E-state index is 0.162. The molecule has 10 aromatic rings. The summed E-state index contributed by atoms with van der Waals surface area (Å²) in [5.41, 5.74) is 14.6. The molecule has 0 saturated heterocycles. The summed E-state index contributed by atoms with van der Waals surface area (Å²) in [6, 6.07) is 62.5. The van der Waals surface area contributed by atoms with Crippen LogP contribution in [0.3, 0.4) is 0 Å². The van der Waals surface area contributed by atoms with E-state index in [1.54, 1.807) is 0 Å². The topological polar surface area (TPSA) is 21.3 Å². The lowest BCUT2D eigenvalue weighted by Gasteiger charge is -2.28. The maximum Gasteiger partial charge on any atom is 0.135 e. The fourth-order valence-electron chi connectivity index (χ4n) is 9.40. The van der Waals surface area contributed by atoms with Gasteiger partial charge in [0.25, 0.3) is 0 Å². The van der Waals surface area contributed by atoms with Gasteiger partial charge in [-0.05, 0) is 99.3 Å². The van der Waals surface area contributed by atoms with E-state index in [1.807, 2.05) is 6.07 Å². The molecule has 0 fully saturated rings. The third-order valence-electron chi connectivity index (χ3n) is 11.5. The van der Waals surface area contributed by atoms with Gasteiger partial charge in [0.15, 0.2) is 0 Å². The van der Waals surface area contributed by atoms with Crippen LogP contribution in [0, 0.1) is 0 Å². The summed E-state index contributed by atoms with van der Waals surface area (Å²) in [5.74, 6) is 0.220. The van der Waals surface area contributed by atoms with E-state index >= 15 is 0 Å². The number of furan rings is 1. The van der Waals surface area contributed by atoms with Crippen LogP contribution in [0.15, 0.2) is 174 Å². The van der Waals surface area contributed by atoms with Crippen LogP contribution in [0.25, 0.3) is 71.3 Å². The van der Waals surface area contributed by atoms with Crippen LogP contribution < -0.4 is 4.90 Å². The predicted octanol–water partition coefficient (Wildman–Crippen LogP) is 12.8. The summed E-state index contributed by atoms with van der Waals surface area (Å²) in [5, 5.41) is 7.56. The molecule has 0 saturated carbocycles. The Labute approximate surface area is 294 Å². The fraction of sp³-hybridized carbons (Fsp3) is 0.0417. The zero-order valence-corrected chi connectivity index (χ0v) is 27.6.